The average molecular weight is 340 g/mol. The van der Waals surface area contributed by atoms with Gasteiger partial charge in [0.15, 0.2) is 5.82 Å². The topological polar surface area (TPSA) is 51.0 Å². The van der Waals surface area contributed by atoms with Crippen molar-refractivity contribution in [3.63, 3.8) is 0 Å². The first-order chi connectivity index (χ1) is 10.2. The van der Waals surface area contributed by atoms with Crippen LogP contribution in [0, 0.1) is 6.92 Å². The quantitative estimate of drug-likeness (QED) is 0.735. The average Bonchev–Trinajstić information content (AvgIpc) is 3.17. The van der Waals surface area contributed by atoms with E-state index in [0.717, 1.165) is 10.9 Å². The van der Waals surface area contributed by atoms with E-state index in [4.69, 9.17) is 16.1 Å². The lowest BCUT2D eigenvalue weighted by Gasteiger charge is -2.15. The fourth-order valence-corrected chi connectivity index (χ4v) is 4.09. The van der Waals surface area contributed by atoms with Crippen LogP contribution in [0.4, 0.5) is 0 Å². The number of hydrogen-bond donors (Lipinski definition) is 1. The minimum Gasteiger partial charge on any atom is -0.339 e. The highest BCUT2D eigenvalue weighted by atomic mass is 35.5. The summed E-state index contributed by atoms with van der Waals surface area (Å²) in [4.78, 5) is 6.70. The van der Waals surface area contributed by atoms with E-state index in [-0.39, 0.29) is 6.04 Å². The van der Waals surface area contributed by atoms with Crippen molar-refractivity contribution in [3.8, 4) is 0 Å². The van der Waals surface area contributed by atoms with E-state index in [1.807, 2.05) is 13.0 Å². The third-order valence-electron chi connectivity index (χ3n) is 2.96. The Labute approximate surface area is 135 Å². The monoisotopic (exact) mass is 339 g/mol. The fraction of sp³-hybridized carbons (Fsp3) is 0.286. The maximum absolute atomic E-state index is 6.06. The van der Waals surface area contributed by atoms with Crippen molar-refractivity contribution in [1.29, 1.82) is 0 Å². The van der Waals surface area contributed by atoms with Gasteiger partial charge in [-0.3, -0.25) is 0 Å². The van der Waals surface area contributed by atoms with Gasteiger partial charge in [-0.25, -0.2) is 0 Å². The van der Waals surface area contributed by atoms with Crippen molar-refractivity contribution in [2.24, 2.45) is 0 Å². The minimum absolute atomic E-state index is 0.159. The first-order valence-corrected chi connectivity index (χ1v) is 8.61. The standard InChI is InChI=1S/C14H14ClN3OS2/c1-9-17-13(19-18-9)6-7-16-14(10-3-2-8-20-10)11-4-5-12(15)21-11/h2-5,8,14,16H,6-7H2,1H3. The highest BCUT2D eigenvalue weighted by Gasteiger charge is 2.17. The molecule has 4 nitrogen and oxygen atoms in total. The predicted octanol–water partition coefficient (Wildman–Crippen LogP) is 4.08. The van der Waals surface area contributed by atoms with E-state index in [9.17, 15) is 0 Å². The van der Waals surface area contributed by atoms with Crippen molar-refractivity contribution >= 4 is 34.3 Å². The molecular weight excluding hydrogens is 326 g/mol. The third-order valence-corrected chi connectivity index (χ3v) is 5.20. The van der Waals surface area contributed by atoms with E-state index in [1.54, 1.807) is 22.7 Å². The summed E-state index contributed by atoms with van der Waals surface area (Å²) in [7, 11) is 0. The molecule has 0 spiro atoms. The van der Waals surface area contributed by atoms with Crippen LogP contribution in [0.25, 0.3) is 0 Å². The zero-order valence-corrected chi connectivity index (χ0v) is 13.8. The van der Waals surface area contributed by atoms with Gasteiger partial charge in [-0.05, 0) is 30.5 Å². The summed E-state index contributed by atoms with van der Waals surface area (Å²) in [5.41, 5.74) is 0. The van der Waals surface area contributed by atoms with Crippen LogP contribution in [0.2, 0.25) is 4.34 Å². The number of thiophene rings is 2. The first-order valence-electron chi connectivity index (χ1n) is 6.53. The van der Waals surface area contributed by atoms with Gasteiger partial charge in [-0.15, -0.1) is 22.7 Å². The van der Waals surface area contributed by atoms with Gasteiger partial charge >= 0.3 is 0 Å². The lowest BCUT2D eigenvalue weighted by Crippen LogP contribution is -2.23. The van der Waals surface area contributed by atoms with Crippen molar-refractivity contribution in [2.75, 3.05) is 6.54 Å². The van der Waals surface area contributed by atoms with E-state index in [1.165, 1.54) is 9.75 Å². The lowest BCUT2D eigenvalue weighted by atomic mass is 10.2. The first kappa shape index (κ1) is 14.7. The number of nitrogens with zero attached hydrogens (tertiary/aromatic N) is 2. The maximum Gasteiger partial charge on any atom is 0.227 e. The molecular formula is C14H14ClN3OS2. The molecule has 0 amide bonds. The Kier molecular flexibility index (Phi) is 4.70. The van der Waals surface area contributed by atoms with Crippen molar-refractivity contribution in [1.82, 2.24) is 15.5 Å². The molecule has 3 aromatic rings. The molecule has 0 aliphatic carbocycles. The summed E-state index contributed by atoms with van der Waals surface area (Å²) in [6.07, 6.45) is 0.710. The second kappa shape index (κ2) is 6.70. The van der Waals surface area contributed by atoms with Crippen LogP contribution in [0.5, 0.6) is 0 Å². The van der Waals surface area contributed by atoms with Crippen molar-refractivity contribution < 1.29 is 4.52 Å². The molecule has 0 aliphatic heterocycles. The smallest absolute Gasteiger partial charge is 0.227 e. The molecule has 0 saturated carbocycles. The molecule has 0 saturated heterocycles. The summed E-state index contributed by atoms with van der Waals surface area (Å²) in [5, 5.41) is 9.43. The van der Waals surface area contributed by atoms with Crippen molar-refractivity contribution in [2.45, 2.75) is 19.4 Å². The van der Waals surface area contributed by atoms with Gasteiger partial charge in [0.05, 0.1) is 10.4 Å². The van der Waals surface area contributed by atoms with Crippen molar-refractivity contribution in [3.05, 3.63) is 55.5 Å². The Bertz CT molecular complexity index is 693. The molecule has 110 valence electrons. The Morgan fingerprint density at radius 2 is 2.24 bits per heavy atom. The van der Waals surface area contributed by atoms with E-state index >= 15 is 0 Å². The number of nitrogens with one attached hydrogen (secondary N) is 1. The van der Waals surface area contributed by atoms with Crippen LogP contribution in [0.15, 0.2) is 34.2 Å². The molecule has 0 aromatic carbocycles. The summed E-state index contributed by atoms with van der Waals surface area (Å²) >= 11 is 9.40. The van der Waals surface area contributed by atoms with Gasteiger partial charge in [0, 0.05) is 22.7 Å². The SMILES string of the molecule is Cc1noc(CCNC(c2cccs2)c2ccc(Cl)s2)n1. The molecule has 0 aliphatic rings. The molecule has 1 N–H and O–H groups in total. The number of hydrogen-bond acceptors (Lipinski definition) is 6. The second-order valence-corrected chi connectivity index (χ2v) is 7.26. The van der Waals surface area contributed by atoms with E-state index in [2.05, 4.69) is 39.0 Å². The van der Waals surface area contributed by atoms with Crippen LogP contribution in [0.3, 0.4) is 0 Å². The highest BCUT2D eigenvalue weighted by Crippen LogP contribution is 2.32. The molecule has 1 unspecified atom stereocenters. The summed E-state index contributed by atoms with van der Waals surface area (Å²) < 4.78 is 5.94. The van der Waals surface area contributed by atoms with Gasteiger partial charge in [0.2, 0.25) is 5.89 Å². The van der Waals surface area contributed by atoms with Crippen LogP contribution in [-0.2, 0) is 6.42 Å². The molecule has 21 heavy (non-hydrogen) atoms. The van der Waals surface area contributed by atoms with Crippen LogP contribution in [-0.4, -0.2) is 16.7 Å². The molecule has 1 atom stereocenters. The van der Waals surface area contributed by atoms with Crippen LogP contribution < -0.4 is 5.32 Å². The Morgan fingerprint density at radius 1 is 1.33 bits per heavy atom. The summed E-state index contributed by atoms with van der Waals surface area (Å²) in [6.45, 7) is 2.59. The second-order valence-electron chi connectivity index (χ2n) is 4.53. The summed E-state index contributed by atoms with van der Waals surface area (Å²) in [6, 6.07) is 8.36. The minimum atomic E-state index is 0.159. The van der Waals surface area contributed by atoms with Gasteiger partial charge in [-0.2, -0.15) is 4.98 Å². The summed E-state index contributed by atoms with van der Waals surface area (Å²) in [5.74, 6) is 1.33. The third kappa shape index (κ3) is 3.71. The van der Waals surface area contributed by atoms with Gasteiger partial charge in [-0.1, -0.05) is 22.8 Å². The Balaban J connectivity index is 1.68. The molecule has 0 bridgehead atoms. The van der Waals surface area contributed by atoms with Gasteiger partial charge < -0.3 is 9.84 Å². The molecule has 3 aromatic heterocycles. The van der Waals surface area contributed by atoms with Gasteiger partial charge in [0.25, 0.3) is 0 Å². The van der Waals surface area contributed by atoms with E-state index in [0.29, 0.717) is 18.1 Å². The number of aromatic nitrogens is 2. The number of aryl methyl sites for hydroxylation is 1. The normalized spacial score (nSPS) is 12.7. The molecule has 3 rings (SSSR count). The Hall–Kier alpha value is -1.21. The molecule has 0 fully saturated rings. The molecule has 3 heterocycles. The highest BCUT2D eigenvalue weighted by molar-refractivity contribution is 7.16. The van der Waals surface area contributed by atoms with Crippen LogP contribution >= 0.6 is 34.3 Å². The van der Waals surface area contributed by atoms with Crippen LogP contribution in [0.1, 0.15) is 27.5 Å². The van der Waals surface area contributed by atoms with Gasteiger partial charge in [0.1, 0.15) is 0 Å². The van der Waals surface area contributed by atoms with E-state index < -0.39 is 0 Å². The zero-order chi connectivity index (χ0) is 14.7. The number of halogens is 1. The zero-order valence-electron chi connectivity index (χ0n) is 11.4. The Morgan fingerprint density at radius 3 is 2.86 bits per heavy atom. The maximum atomic E-state index is 6.06. The fourth-order valence-electron chi connectivity index (χ4n) is 2.05. The lowest BCUT2D eigenvalue weighted by molar-refractivity contribution is 0.371. The molecule has 0 radical (unpaired) electrons. The predicted molar refractivity (Wildman–Crippen MR) is 86.2 cm³/mol. The largest absolute Gasteiger partial charge is 0.339 e. The molecule has 7 heteroatoms. The number of rotatable bonds is 6.